The lowest BCUT2D eigenvalue weighted by molar-refractivity contribution is -0.137. The Morgan fingerprint density at radius 3 is 2.47 bits per heavy atom. The number of benzene rings is 1. The number of nitrogens with two attached hydrogens (primary N) is 1. The van der Waals surface area contributed by atoms with Crippen molar-refractivity contribution in [1.82, 2.24) is 0 Å². The predicted octanol–water partition coefficient (Wildman–Crippen LogP) is 4.05. The molecular formula is C9H9ClF3NS. The van der Waals surface area contributed by atoms with Gasteiger partial charge in [-0.2, -0.15) is 13.2 Å². The van der Waals surface area contributed by atoms with Gasteiger partial charge in [0.2, 0.25) is 0 Å². The Hall–Kier alpha value is -0.550. The van der Waals surface area contributed by atoms with Gasteiger partial charge in [0.05, 0.1) is 10.6 Å². The molecule has 0 aliphatic heterocycles. The first-order valence-electron chi connectivity index (χ1n) is 4.15. The molecule has 84 valence electrons. The van der Waals surface area contributed by atoms with Crippen molar-refractivity contribution >= 4 is 29.1 Å². The fourth-order valence-corrected chi connectivity index (χ4v) is 2.13. The molecule has 6 heteroatoms. The summed E-state index contributed by atoms with van der Waals surface area (Å²) in [4.78, 5) is 0.403. The highest BCUT2D eigenvalue weighted by Gasteiger charge is 2.33. The van der Waals surface area contributed by atoms with E-state index in [4.69, 9.17) is 17.3 Å². The normalized spacial score (nSPS) is 11.8. The van der Waals surface area contributed by atoms with Gasteiger partial charge in [-0.1, -0.05) is 18.5 Å². The first kappa shape index (κ1) is 12.5. The van der Waals surface area contributed by atoms with E-state index in [-0.39, 0.29) is 10.7 Å². The molecule has 2 N–H and O–H groups in total. The molecule has 0 radical (unpaired) electrons. The van der Waals surface area contributed by atoms with Gasteiger partial charge < -0.3 is 5.73 Å². The lowest BCUT2D eigenvalue weighted by Gasteiger charge is -2.12. The van der Waals surface area contributed by atoms with Gasteiger partial charge >= 0.3 is 6.18 Å². The van der Waals surface area contributed by atoms with Crippen LogP contribution in [0.3, 0.4) is 0 Å². The molecule has 0 unspecified atom stereocenters. The third-order valence-corrected chi connectivity index (χ3v) is 3.07. The summed E-state index contributed by atoms with van der Waals surface area (Å²) in [6.07, 6.45) is -4.43. The number of hydrogen-bond acceptors (Lipinski definition) is 2. The van der Waals surface area contributed by atoms with E-state index in [0.29, 0.717) is 10.6 Å². The van der Waals surface area contributed by atoms with Crippen molar-refractivity contribution in [2.24, 2.45) is 0 Å². The summed E-state index contributed by atoms with van der Waals surface area (Å²) in [5.41, 5.74) is 4.09. The number of anilines is 1. The minimum Gasteiger partial charge on any atom is -0.398 e. The smallest absolute Gasteiger partial charge is 0.398 e. The summed E-state index contributed by atoms with van der Waals surface area (Å²) >= 11 is 7.02. The highest BCUT2D eigenvalue weighted by molar-refractivity contribution is 7.99. The molecule has 1 aromatic rings. The fraction of sp³-hybridized carbons (Fsp3) is 0.333. The molecule has 0 aliphatic rings. The molecule has 0 aromatic heterocycles. The van der Waals surface area contributed by atoms with E-state index < -0.39 is 11.7 Å². The molecule has 0 saturated carbocycles. The summed E-state index contributed by atoms with van der Waals surface area (Å²) in [6.45, 7) is 1.84. The topological polar surface area (TPSA) is 26.0 Å². The molecule has 1 nitrogen and oxygen atoms in total. The van der Waals surface area contributed by atoms with Crippen LogP contribution in [-0.2, 0) is 6.18 Å². The van der Waals surface area contributed by atoms with Gasteiger partial charge in [0.15, 0.2) is 0 Å². The second-order valence-corrected chi connectivity index (χ2v) is 4.51. The molecular weight excluding hydrogens is 247 g/mol. The van der Waals surface area contributed by atoms with Crippen molar-refractivity contribution < 1.29 is 13.2 Å². The molecule has 0 fully saturated rings. The number of halogens is 4. The van der Waals surface area contributed by atoms with Crippen LogP contribution in [0.5, 0.6) is 0 Å². The zero-order chi connectivity index (χ0) is 11.6. The number of alkyl halides is 3. The van der Waals surface area contributed by atoms with Crippen molar-refractivity contribution in [3.05, 3.63) is 22.7 Å². The summed E-state index contributed by atoms with van der Waals surface area (Å²) in [7, 11) is 0. The Labute approximate surface area is 94.8 Å². The van der Waals surface area contributed by atoms with Crippen LogP contribution >= 0.6 is 23.4 Å². The molecule has 15 heavy (non-hydrogen) atoms. The standard InChI is InChI=1S/C9H9ClF3NS/c1-2-15-8-3-5(9(11,12)13)7(14)4-6(8)10/h3-4H,2,14H2,1H3. The van der Waals surface area contributed by atoms with Gasteiger partial charge in [-0.15, -0.1) is 11.8 Å². The summed E-state index contributed by atoms with van der Waals surface area (Å²) < 4.78 is 37.4. The van der Waals surface area contributed by atoms with Crippen LogP contribution < -0.4 is 5.73 Å². The van der Waals surface area contributed by atoms with E-state index in [1.807, 2.05) is 6.92 Å². The van der Waals surface area contributed by atoms with Crippen molar-refractivity contribution in [2.75, 3.05) is 11.5 Å². The van der Waals surface area contributed by atoms with Crippen molar-refractivity contribution in [3.63, 3.8) is 0 Å². The molecule has 0 amide bonds. The number of hydrogen-bond donors (Lipinski definition) is 1. The third-order valence-electron chi connectivity index (χ3n) is 1.71. The average Bonchev–Trinajstić information content (AvgIpc) is 2.07. The molecule has 0 spiro atoms. The zero-order valence-corrected chi connectivity index (χ0v) is 9.43. The van der Waals surface area contributed by atoms with E-state index in [9.17, 15) is 13.2 Å². The van der Waals surface area contributed by atoms with Crippen LogP contribution in [0.1, 0.15) is 12.5 Å². The van der Waals surface area contributed by atoms with Crippen LogP contribution in [0.25, 0.3) is 0 Å². The quantitative estimate of drug-likeness (QED) is 0.637. The van der Waals surface area contributed by atoms with Gasteiger partial charge in [-0.25, -0.2) is 0 Å². The number of rotatable bonds is 2. The molecule has 0 bridgehead atoms. The minimum absolute atomic E-state index is 0.257. The second-order valence-electron chi connectivity index (χ2n) is 2.80. The molecule has 0 saturated heterocycles. The maximum Gasteiger partial charge on any atom is 0.418 e. The molecule has 0 heterocycles. The predicted molar refractivity (Wildman–Crippen MR) is 57.3 cm³/mol. The zero-order valence-electron chi connectivity index (χ0n) is 7.86. The summed E-state index contributed by atoms with van der Waals surface area (Å²) in [5.74, 6) is 0.654. The lowest BCUT2D eigenvalue weighted by Crippen LogP contribution is -2.09. The van der Waals surface area contributed by atoms with Crippen LogP contribution in [0.15, 0.2) is 17.0 Å². The van der Waals surface area contributed by atoms with Gasteiger partial charge in [0.25, 0.3) is 0 Å². The number of thioether (sulfide) groups is 1. The van der Waals surface area contributed by atoms with Gasteiger partial charge in [0.1, 0.15) is 0 Å². The second kappa shape index (κ2) is 4.53. The lowest BCUT2D eigenvalue weighted by atomic mass is 10.2. The van der Waals surface area contributed by atoms with Crippen LogP contribution in [0.2, 0.25) is 5.02 Å². The van der Waals surface area contributed by atoms with Crippen LogP contribution in [-0.4, -0.2) is 5.75 Å². The van der Waals surface area contributed by atoms with Gasteiger partial charge in [-0.05, 0) is 17.9 Å². The Kier molecular flexibility index (Phi) is 3.78. The van der Waals surface area contributed by atoms with E-state index in [1.54, 1.807) is 0 Å². The maximum atomic E-state index is 12.5. The fourth-order valence-electron chi connectivity index (χ4n) is 1.08. The summed E-state index contributed by atoms with van der Waals surface area (Å²) in [5, 5.41) is 0.257. The molecule has 1 rings (SSSR count). The molecule has 0 aliphatic carbocycles. The van der Waals surface area contributed by atoms with Crippen LogP contribution in [0.4, 0.5) is 18.9 Å². The largest absolute Gasteiger partial charge is 0.418 e. The van der Waals surface area contributed by atoms with E-state index in [0.717, 1.165) is 12.1 Å². The first-order valence-corrected chi connectivity index (χ1v) is 5.51. The summed E-state index contributed by atoms with van der Waals surface area (Å²) in [6, 6.07) is 2.13. The van der Waals surface area contributed by atoms with Crippen molar-refractivity contribution in [2.45, 2.75) is 18.0 Å². The monoisotopic (exact) mass is 255 g/mol. The third kappa shape index (κ3) is 2.95. The Morgan fingerprint density at radius 1 is 1.40 bits per heavy atom. The Bertz CT molecular complexity index is 365. The SMILES string of the molecule is CCSc1cc(C(F)(F)F)c(N)cc1Cl. The maximum absolute atomic E-state index is 12.5. The van der Waals surface area contributed by atoms with E-state index in [2.05, 4.69) is 0 Å². The highest BCUT2D eigenvalue weighted by atomic mass is 35.5. The Balaban J connectivity index is 3.23. The van der Waals surface area contributed by atoms with E-state index >= 15 is 0 Å². The van der Waals surface area contributed by atoms with Crippen LogP contribution in [0, 0.1) is 0 Å². The highest BCUT2D eigenvalue weighted by Crippen LogP contribution is 2.39. The molecule has 1 aromatic carbocycles. The van der Waals surface area contributed by atoms with Gasteiger partial charge in [-0.3, -0.25) is 0 Å². The Morgan fingerprint density at radius 2 is 2.00 bits per heavy atom. The first-order chi connectivity index (χ1) is 6.86. The van der Waals surface area contributed by atoms with Crippen molar-refractivity contribution in [3.8, 4) is 0 Å². The van der Waals surface area contributed by atoms with Crippen molar-refractivity contribution in [1.29, 1.82) is 0 Å². The van der Waals surface area contributed by atoms with Gasteiger partial charge in [0, 0.05) is 10.6 Å². The average molecular weight is 256 g/mol. The van der Waals surface area contributed by atoms with E-state index in [1.165, 1.54) is 11.8 Å². The minimum atomic E-state index is -4.43. The number of nitrogen functional groups attached to an aromatic ring is 1. The molecule has 0 atom stereocenters.